The molecule has 3 unspecified atom stereocenters. The Kier molecular flexibility index (Phi) is 10.6. The normalized spacial score (nSPS) is 26.9. The predicted octanol–water partition coefficient (Wildman–Crippen LogP) is 1.04. The van der Waals surface area contributed by atoms with Gasteiger partial charge in [-0.15, -0.1) is 24.8 Å². The molecule has 7 heteroatoms. The van der Waals surface area contributed by atoms with Gasteiger partial charge in [-0.25, -0.2) is 0 Å². The number of carbonyl (C=O) groups excluding carboxylic acids is 1. The van der Waals surface area contributed by atoms with Gasteiger partial charge in [0.1, 0.15) is 0 Å². The van der Waals surface area contributed by atoms with Crippen LogP contribution in [0.25, 0.3) is 0 Å². The summed E-state index contributed by atoms with van der Waals surface area (Å²) in [6, 6.07) is -0.0261. The predicted molar refractivity (Wildman–Crippen MR) is 93.9 cm³/mol. The largest absolute Gasteiger partial charge is 0.391 e. The van der Waals surface area contributed by atoms with Crippen LogP contribution in [-0.4, -0.2) is 60.8 Å². The van der Waals surface area contributed by atoms with E-state index in [4.69, 9.17) is 0 Å². The Morgan fingerprint density at radius 1 is 1.23 bits per heavy atom. The molecule has 0 saturated carbocycles. The number of amides is 1. The minimum Gasteiger partial charge on any atom is -0.391 e. The van der Waals surface area contributed by atoms with Gasteiger partial charge in [0.15, 0.2) is 0 Å². The van der Waals surface area contributed by atoms with Gasteiger partial charge < -0.3 is 15.7 Å². The van der Waals surface area contributed by atoms with Crippen molar-refractivity contribution < 1.29 is 9.90 Å². The number of likely N-dealkylation sites (tertiary alicyclic amines) is 1. The molecule has 132 valence electrons. The molecule has 0 aromatic carbocycles. The van der Waals surface area contributed by atoms with E-state index < -0.39 is 0 Å². The Bertz CT molecular complexity index is 326. The standard InChI is InChI=1S/C15H29N3O2.2ClH/c1-11(2)14(18-6-4-3-5-7-18)15(20)17-9-12-8-16-10-13(12)19;;/h11-14,16,19H,3-10H2,1-2H3,(H,17,20);2*1H. The van der Waals surface area contributed by atoms with Crippen molar-refractivity contribution >= 4 is 30.7 Å². The number of aliphatic hydroxyl groups is 1. The maximum absolute atomic E-state index is 12.5. The number of nitrogens with zero attached hydrogens (tertiary/aromatic N) is 1. The molecule has 22 heavy (non-hydrogen) atoms. The van der Waals surface area contributed by atoms with Gasteiger partial charge in [0, 0.05) is 25.6 Å². The minimum atomic E-state index is -0.331. The smallest absolute Gasteiger partial charge is 0.237 e. The van der Waals surface area contributed by atoms with Crippen LogP contribution in [0.5, 0.6) is 0 Å². The molecule has 2 saturated heterocycles. The molecule has 1 amide bonds. The maximum Gasteiger partial charge on any atom is 0.237 e. The van der Waals surface area contributed by atoms with Crippen LogP contribution in [0, 0.1) is 11.8 Å². The quantitative estimate of drug-likeness (QED) is 0.689. The molecular weight excluding hydrogens is 325 g/mol. The summed E-state index contributed by atoms with van der Waals surface area (Å²) >= 11 is 0. The molecule has 2 aliphatic heterocycles. The fraction of sp³-hybridized carbons (Fsp3) is 0.933. The summed E-state index contributed by atoms with van der Waals surface area (Å²) in [6.07, 6.45) is 3.34. The van der Waals surface area contributed by atoms with Gasteiger partial charge >= 0.3 is 0 Å². The van der Waals surface area contributed by atoms with Gasteiger partial charge in [0.25, 0.3) is 0 Å². The van der Waals surface area contributed by atoms with Crippen molar-refractivity contribution in [3.05, 3.63) is 0 Å². The topological polar surface area (TPSA) is 64.6 Å². The second-order valence-electron chi connectivity index (χ2n) is 6.52. The van der Waals surface area contributed by atoms with E-state index in [1.807, 2.05) is 0 Å². The minimum absolute atomic E-state index is 0. The lowest BCUT2D eigenvalue weighted by Gasteiger charge is -2.36. The number of rotatable bonds is 5. The van der Waals surface area contributed by atoms with E-state index in [0.717, 1.165) is 19.6 Å². The lowest BCUT2D eigenvalue weighted by molar-refractivity contribution is -0.128. The third-order valence-corrected chi connectivity index (χ3v) is 4.53. The fourth-order valence-electron chi connectivity index (χ4n) is 3.35. The Morgan fingerprint density at radius 2 is 1.86 bits per heavy atom. The molecule has 0 aromatic rings. The molecule has 2 rings (SSSR count). The average Bonchev–Trinajstić information content (AvgIpc) is 2.83. The van der Waals surface area contributed by atoms with Crippen LogP contribution in [0.3, 0.4) is 0 Å². The third kappa shape index (κ3) is 5.85. The lowest BCUT2D eigenvalue weighted by atomic mass is 9.98. The molecular formula is C15H31Cl2N3O2. The van der Waals surface area contributed by atoms with Crippen molar-refractivity contribution in [1.29, 1.82) is 0 Å². The number of halogens is 2. The number of hydrogen-bond donors (Lipinski definition) is 3. The third-order valence-electron chi connectivity index (χ3n) is 4.53. The average molecular weight is 356 g/mol. The summed E-state index contributed by atoms with van der Waals surface area (Å²) < 4.78 is 0. The van der Waals surface area contributed by atoms with E-state index in [-0.39, 0.29) is 48.8 Å². The highest BCUT2D eigenvalue weighted by molar-refractivity contribution is 5.85. The van der Waals surface area contributed by atoms with Crippen molar-refractivity contribution in [2.45, 2.75) is 45.3 Å². The van der Waals surface area contributed by atoms with E-state index in [1.165, 1.54) is 19.3 Å². The van der Waals surface area contributed by atoms with Crippen LogP contribution in [-0.2, 0) is 4.79 Å². The molecule has 2 fully saturated rings. The molecule has 0 aliphatic carbocycles. The number of nitrogens with one attached hydrogen (secondary N) is 2. The van der Waals surface area contributed by atoms with Crippen molar-refractivity contribution in [3.63, 3.8) is 0 Å². The van der Waals surface area contributed by atoms with E-state index in [1.54, 1.807) is 0 Å². The Labute approximate surface area is 146 Å². The van der Waals surface area contributed by atoms with Gasteiger partial charge in [0.2, 0.25) is 5.91 Å². The number of β-amino-alcohol motifs (C(OH)–C–C–N with tert-alkyl or cyclic N) is 1. The first-order valence-corrected chi connectivity index (χ1v) is 8.00. The van der Waals surface area contributed by atoms with Gasteiger partial charge in [-0.1, -0.05) is 20.3 Å². The van der Waals surface area contributed by atoms with E-state index in [2.05, 4.69) is 29.4 Å². The van der Waals surface area contributed by atoms with Gasteiger partial charge in [0.05, 0.1) is 12.1 Å². The molecule has 0 bridgehead atoms. The highest BCUT2D eigenvalue weighted by atomic mass is 35.5. The number of carbonyl (C=O) groups is 1. The molecule has 3 N–H and O–H groups in total. The SMILES string of the molecule is CC(C)C(C(=O)NCC1CNCC1O)N1CCCCC1.Cl.Cl. The fourth-order valence-corrected chi connectivity index (χ4v) is 3.35. The summed E-state index contributed by atoms with van der Waals surface area (Å²) in [4.78, 5) is 14.8. The van der Waals surface area contributed by atoms with Crippen molar-refractivity contribution in [2.75, 3.05) is 32.7 Å². The second-order valence-corrected chi connectivity index (χ2v) is 6.52. The van der Waals surface area contributed by atoms with E-state index >= 15 is 0 Å². The molecule has 0 radical (unpaired) electrons. The Morgan fingerprint density at radius 3 is 2.36 bits per heavy atom. The molecule has 0 aromatic heterocycles. The summed E-state index contributed by atoms with van der Waals surface area (Å²) in [5, 5.41) is 16.0. The van der Waals surface area contributed by atoms with Gasteiger partial charge in [-0.05, 0) is 31.8 Å². The zero-order valence-corrected chi connectivity index (χ0v) is 15.2. The van der Waals surface area contributed by atoms with Gasteiger partial charge in [-0.3, -0.25) is 9.69 Å². The molecule has 2 heterocycles. The number of hydrogen-bond acceptors (Lipinski definition) is 4. The number of aliphatic hydroxyl groups excluding tert-OH is 1. The van der Waals surface area contributed by atoms with Gasteiger partial charge in [-0.2, -0.15) is 0 Å². The Hall–Kier alpha value is -0.0700. The summed E-state index contributed by atoms with van der Waals surface area (Å²) in [5.41, 5.74) is 0. The van der Waals surface area contributed by atoms with Crippen LogP contribution in [0.4, 0.5) is 0 Å². The second kappa shape index (κ2) is 10.7. The maximum atomic E-state index is 12.5. The number of piperidine rings is 1. The monoisotopic (exact) mass is 355 g/mol. The van der Waals surface area contributed by atoms with Crippen molar-refractivity contribution in [1.82, 2.24) is 15.5 Å². The van der Waals surface area contributed by atoms with Crippen LogP contribution >= 0.6 is 24.8 Å². The summed E-state index contributed by atoms with van der Waals surface area (Å²) in [5.74, 6) is 0.592. The zero-order chi connectivity index (χ0) is 14.5. The Balaban J connectivity index is 0.00000220. The van der Waals surface area contributed by atoms with Crippen LogP contribution < -0.4 is 10.6 Å². The van der Waals surface area contributed by atoms with Crippen LogP contribution in [0.1, 0.15) is 33.1 Å². The lowest BCUT2D eigenvalue weighted by Crippen LogP contribution is -2.52. The first-order chi connectivity index (χ1) is 9.59. The highest BCUT2D eigenvalue weighted by Gasteiger charge is 2.31. The first kappa shape index (κ1) is 21.9. The molecule has 2 aliphatic rings. The van der Waals surface area contributed by atoms with E-state index in [0.29, 0.717) is 19.0 Å². The molecule has 5 nitrogen and oxygen atoms in total. The highest BCUT2D eigenvalue weighted by Crippen LogP contribution is 2.18. The van der Waals surface area contributed by atoms with Crippen molar-refractivity contribution in [3.8, 4) is 0 Å². The van der Waals surface area contributed by atoms with Crippen LogP contribution in [0.2, 0.25) is 0 Å². The molecule has 3 atom stereocenters. The summed E-state index contributed by atoms with van der Waals surface area (Å²) in [7, 11) is 0. The van der Waals surface area contributed by atoms with Crippen LogP contribution in [0.15, 0.2) is 0 Å². The van der Waals surface area contributed by atoms with E-state index in [9.17, 15) is 9.90 Å². The summed E-state index contributed by atoms with van der Waals surface area (Å²) in [6.45, 7) is 8.30. The first-order valence-electron chi connectivity index (χ1n) is 8.00. The molecule has 0 spiro atoms. The zero-order valence-electron chi connectivity index (χ0n) is 13.6. The van der Waals surface area contributed by atoms with Crippen molar-refractivity contribution in [2.24, 2.45) is 11.8 Å².